The van der Waals surface area contributed by atoms with E-state index in [2.05, 4.69) is 32.6 Å². The maximum Gasteiger partial charge on any atom is 0.255 e. The van der Waals surface area contributed by atoms with Crippen LogP contribution in [0.1, 0.15) is 23.7 Å². The van der Waals surface area contributed by atoms with Crippen molar-refractivity contribution in [1.82, 2.24) is 25.1 Å². The van der Waals surface area contributed by atoms with E-state index in [-0.39, 0.29) is 5.91 Å². The predicted molar refractivity (Wildman–Crippen MR) is 131 cm³/mol. The van der Waals surface area contributed by atoms with Crippen LogP contribution < -0.4 is 15.4 Å². The van der Waals surface area contributed by atoms with Gasteiger partial charge in [-0.2, -0.15) is 5.10 Å². The Kier molecular flexibility index (Phi) is 7.41. The fraction of sp³-hybridized carbons (Fsp3) is 0.250. The second-order valence-corrected chi connectivity index (χ2v) is 8.03. The number of hydrogen-bond donors (Lipinski definition) is 2. The van der Waals surface area contributed by atoms with Crippen LogP contribution in [0.3, 0.4) is 0 Å². The second kappa shape index (κ2) is 10.8. The zero-order chi connectivity index (χ0) is 23.0. The highest BCUT2D eigenvalue weighted by Gasteiger charge is 2.15. The number of carbonyl (C=O) groups is 1. The van der Waals surface area contributed by atoms with Crippen molar-refractivity contribution in [2.24, 2.45) is 0 Å². The lowest BCUT2D eigenvalue weighted by Crippen LogP contribution is -2.27. The fourth-order valence-corrected chi connectivity index (χ4v) is 3.66. The molecule has 2 heterocycles. The summed E-state index contributed by atoms with van der Waals surface area (Å²) >= 11 is 1.48. The predicted octanol–water partition coefficient (Wildman–Crippen LogP) is 4.59. The van der Waals surface area contributed by atoms with E-state index in [1.165, 1.54) is 11.8 Å². The van der Waals surface area contributed by atoms with Gasteiger partial charge in [0.25, 0.3) is 5.91 Å². The van der Waals surface area contributed by atoms with E-state index in [0.29, 0.717) is 35.3 Å². The van der Waals surface area contributed by atoms with Crippen LogP contribution >= 0.6 is 11.8 Å². The molecular weight excluding hydrogens is 436 g/mol. The quantitative estimate of drug-likeness (QED) is 0.263. The molecule has 0 aliphatic heterocycles. The molecule has 0 atom stereocenters. The van der Waals surface area contributed by atoms with E-state index in [9.17, 15) is 4.79 Å². The monoisotopic (exact) mass is 462 g/mol. The smallest absolute Gasteiger partial charge is 0.255 e. The van der Waals surface area contributed by atoms with Crippen molar-refractivity contribution in [2.75, 3.05) is 24.7 Å². The van der Waals surface area contributed by atoms with E-state index in [0.717, 1.165) is 29.8 Å². The lowest BCUT2D eigenvalue weighted by molar-refractivity contribution is 0.0949. The van der Waals surface area contributed by atoms with Crippen molar-refractivity contribution >= 4 is 34.5 Å². The van der Waals surface area contributed by atoms with Crippen molar-refractivity contribution in [3.8, 4) is 11.5 Å². The minimum atomic E-state index is -0.206. The lowest BCUT2D eigenvalue weighted by atomic mass is 10.2. The van der Waals surface area contributed by atoms with Gasteiger partial charge in [0.05, 0.1) is 23.7 Å². The summed E-state index contributed by atoms with van der Waals surface area (Å²) in [5.74, 6) is 1.77. The van der Waals surface area contributed by atoms with Gasteiger partial charge >= 0.3 is 0 Å². The summed E-state index contributed by atoms with van der Waals surface area (Å²) in [5.41, 5.74) is 1.22. The fourth-order valence-electron chi connectivity index (χ4n) is 3.30. The topological polar surface area (TPSA) is 94.0 Å². The Bertz CT molecular complexity index is 1230. The molecule has 0 radical (unpaired) electrons. The summed E-state index contributed by atoms with van der Waals surface area (Å²) in [7, 11) is 0. The van der Waals surface area contributed by atoms with Crippen molar-refractivity contribution in [2.45, 2.75) is 25.0 Å². The third-order valence-corrected chi connectivity index (χ3v) is 5.46. The SMILES string of the molecule is CCCNc1nc(SC)nc2c1cnn2CCNC(=O)c1ccccc1Oc1ccccc1. The summed E-state index contributed by atoms with van der Waals surface area (Å²) in [5, 5.41) is 12.3. The van der Waals surface area contributed by atoms with Gasteiger partial charge in [0, 0.05) is 13.1 Å². The minimum Gasteiger partial charge on any atom is -0.457 e. The Balaban J connectivity index is 1.45. The number of fused-ring (bicyclic) bond motifs is 1. The van der Waals surface area contributed by atoms with Crippen LogP contribution in [0.5, 0.6) is 11.5 Å². The highest BCUT2D eigenvalue weighted by Crippen LogP contribution is 2.25. The normalized spacial score (nSPS) is 10.8. The molecule has 2 aromatic heterocycles. The number of carbonyl (C=O) groups excluding carboxylic acids is 1. The molecular formula is C24H26N6O2S. The van der Waals surface area contributed by atoms with Gasteiger partial charge in [-0.15, -0.1) is 0 Å². The third-order valence-electron chi connectivity index (χ3n) is 4.91. The van der Waals surface area contributed by atoms with Gasteiger partial charge in [-0.1, -0.05) is 49.0 Å². The highest BCUT2D eigenvalue weighted by molar-refractivity contribution is 7.98. The zero-order valence-electron chi connectivity index (χ0n) is 18.6. The summed E-state index contributed by atoms with van der Waals surface area (Å²) in [6.45, 7) is 3.81. The van der Waals surface area contributed by atoms with E-state index in [4.69, 9.17) is 4.74 Å². The van der Waals surface area contributed by atoms with Crippen LogP contribution in [0.2, 0.25) is 0 Å². The summed E-state index contributed by atoms with van der Waals surface area (Å²) in [4.78, 5) is 22.0. The number of hydrogen-bond acceptors (Lipinski definition) is 7. The number of benzene rings is 2. The maximum absolute atomic E-state index is 12.9. The van der Waals surface area contributed by atoms with Gasteiger partial charge in [-0.3, -0.25) is 4.79 Å². The minimum absolute atomic E-state index is 0.206. The summed E-state index contributed by atoms with van der Waals surface area (Å²) in [6, 6.07) is 16.6. The Morgan fingerprint density at radius 2 is 1.85 bits per heavy atom. The standard InChI is InChI=1S/C24H26N6O2S/c1-3-13-25-21-19-16-27-30(22(19)29-24(28-21)33-2)15-14-26-23(31)18-11-7-8-12-20(18)32-17-9-5-4-6-10-17/h4-12,16H,3,13-15H2,1-2H3,(H,26,31)(H,25,28,29). The molecule has 0 saturated heterocycles. The summed E-state index contributed by atoms with van der Waals surface area (Å²) in [6.07, 6.45) is 4.71. The molecule has 0 spiro atoms. The Labute approximate surface area is 196 Å². The van der Waals surface area contributed by atoms with Crippen LogP contribution in [-0.2, 0) is 6.54 Å². The van der Waals surface area contributed by atoms with E-state index in [1.54, 1.807) is 23.0 Å². The summed E-state index contributed by atoms with van der Waals surface area (Å²) < 4.78 is 7.70. The molecule has 8 nitrogen and oxygen atoms in total. The van der Waals surface area contributed by atoms with Crippen molar-refractivity contribution in [1.29, 1.82) is 0 Å². The molecule has 2 aromatic carbocycles. The first kappa shape index (κ1) is 22.6. The number of nitrogens with one attached hydrogen (secondary N) is 2. The van der Waals surface area contributed by atoms with Crippen LogP contribution in [-0.4, -0.2) is 45.0 Å². The van der Waals surface area contributed by atoms with E-state index < -0.39 is 0 Å². The van der Waals surface area contributed by atoms with Crippen LogP contribution in [0.15, 0.2) is 66.0 Å². The van der Waals surface area contributed by atoms with Crippen LogP contribution in [0.25, 0.3) is 11.0 Å². The number of anilines is 1. The molecule has 4 rings (SSSR count). The van der Waals surface area contributed by atoms with Gasteiger partial charge < -0.3 is 15.4 Å². The number of aromatic nitrogens is 4. The first-order valence-corrected chi connectivity index (χ1v) is 12.0. The molecule has 0 bridgehead atoms. The second-order valence-electron chi connectivity index (χ2n) is 7.26. The molecule has 0 saturated carbocycles. The maximum atomic E-state index is 12.9. The molecule has 1 amide bonds. The van der Waals surface area contributed by atoms with Crippen molar-refractivity contribution < 1.29 is 9.53 Å². The van der Waals surface area contributed by atoms with Crippen molar-refractivity contribution in [3.05, 3.63) is 66.4 Å². The Morgan fingerprint density at radius 3 is 2.64 bits per heavy atom. The number of rotatable bonds is 10. The largest absolute Gasteiger partial charge is 0.457 e. The molecule has 0 fully saturated rings. The Hall–Kier alpha value is -3.59. The zero-order valence-corrected chi connectivity index (χ0v) is 19.4. The molecule has 4 aromatic rings. The number of amides is 1. The number of nitrogens with zero attached hydrogens (tertiary/aromatic N) is 4. The van der Waals surface area contributed by atoms with Gasteiger partial charge in [0.1, 0.15) is 17.3 Å². The van der Waals surface area contributed by atoms with Gasteiger partial charge in [-0.05, 0) is 36.9 Å². The van der Waals surface area contributed by atoms with Crippen LogP contribution in [0.4, 0.5) is 5.82 Å². The van der Waals surface area contributed by atoms with Gasteiger partial charge in [0.15, 0.2) is 10.8 Å². The first-order chi connectivity index (χ1) is 16.2. The molecule has 2 N–H and O–H groups in total. The molecule has 0 unspecified atom stereocenters. The third kappa shape index (κ3) is 5.43. The average molecular weight is 463 g/mol. The molecule has 170 valence electrons. The van der Waals surface area contributed by atoms with Crippen LogP contribution in [0, 0.1) is 0 Å². The lowest BCUT2D eigenvalue weighted by Gasteiger charge is -2.12. The number of para-hydroxylation sites is 2. The first-order valence-electron chi connectivity index (χ1n) is 10.8. The van der Waals surface area contributed by atoms with Gasteiger partial charge in [0.2, 0.25) is 0 Å². The highest BCUT2D eigenvalue weighted by atomic mass is 32.2. The van der Waals surface area contributed by atoms with E-state index >= 15 is 0 Å². The number of ether oxygens (including phenoxy) is 1. The molecule has 0 aliphatic rings. The molecule has 9 heteroatoms. The van der Waals surface area contributed by atoms with E-state index in [1.807, 2.05) is 48.7 Å². The molecule has 0 aliphatic carbocycles. The van der Waals surface area contributed by atoms with Gasteiger partial charge in [-0.25, -0.2) is 14.6 Å². The van der Waals surface area contributed by atoms with Crippen molar-refractivity contribution in [3.63, 3.8) is 0 Å². The average Bonchev–Trinajstić information content (AvgIpc) is 3.26. The molecule has 33 heavy (non-hydrogen) atoms. The Morgan fingerprint density at radius 1 is 1.06 bits per heavy atom. The number of thioether (sulfide) groups is 1.